The zero-order chi connectivity index (χ0) is 13.0. The molecule has 0 bridgehead atoms. The third-order valence-electron chi connectivity index (χ3n) is 3.18. The second kappa shape index (κ2) is 5.96. The van der Waals surface area contributed by atoms with Gasteiger partial charge < -0.3 is 10.1 Å². The van der Waals surface area contributed by atoms with Crippen LogP contribution >= 0.6 is 0 Å². The van der Waals surface area contributed by atoms with Gasteiger partial charge in [0.15, 0.2) is 0 Å². The molecule has 1 saturated carbocycles. The Morgan fingerprint density at radius 1 is 1.44 bits per heavy atom. The Balaban J connectivity index is 1.84. The van der Waals surface area contributed by atoms with Gasteiger partial charge in [-0.15, -0.1) is 0 Å². The highest BCUT2D eigenvalue weighted by atomic mass is 19.1. The van der Waals surface area contributed by atoms with Crippen LogP contribution in [0.15, 0.2) is 24.3 Å². The minimum Gasteiger partial charge on any atom is -0.375 e. The maximum atomic E-state index is 12.8. The van der Waals surface area contributed by atoms with Crippen LogP contribution in [-0.2, 0) is 9.53 Å². The van der Waals surface area contributed by atoms with Crippen molar-refractivity contribution in [3.63, 3.8) is 0 Å². The summed E-state index contributed by atoms with van der Waals surface area (Å²) in [5.74, 6) is 0.379. The molecule has 0 radical (unpaired) electrons. The summed E-state index contributed by atoms with van der Waals surface area (Å²) >= 11 is 0. The fraction of sp³-hybridized carbons (Fsp3) is 0.500. The number of amides is 1. The number of hydrogen-bond donors (Lipinski definition) is 1. The Labute approximate surface area is 106 Å². The Morgan fingerprint density at radius 2 is 2.11 bits per heavy atom. The predicted molar refractivity (Wildman–Crippen MR) is 66.5 cm³/mol. The number of carbonyl (C=O) groups is 1. The molecule has 0 aliphatic heterocycles. The van der Waals surface area contributed by atoms with Crippen LogP contribution in [-0.4, -0.2) is 19.6 Å². The van der Waals surface area contributed by atoms with Gasteiger partial charge in [0.25, 0.3) is 0 Å². The highest BCUT2D eigenvalue weighted by molar-refractivity contribution is 5.76. The summed E-state index contributed by atoms with van der Waals surface area (Å²) in [6.07, 6.45) is 2.71. The van der Waals surface area contributed by atoms with Crippen LogP contribution in [0.4, 0.5) is 4.39 Å². The van der Waals surface area contributed by atoms with Crippen LogP contribution in [0.25, 0.3) is 0 Å². The molecule has 4 heteroatoms. The quantitative estimate of drug-likeness (QED) is 0.843. The van der Waals surface area contributed by atoms with E-state index in [1.807, 2.05) is 0 Å². The summed E-state index contributed by atoms with van der Waals surface area (Å²) in [5, 5.41) is 2.86. The molecule has 0 unspecified atom stereocenters. The van der Waals surface area contributed by atoms with Gasteiger partial charge in [-0.05, 0) is 36.5 Å². The monoisotopic (exact) mass is 251 g/mol. The van der Waals surface area contributed by atoms with Gasteiger partial charge in [-0.3, -0.25) is 4.79 Å². The highest BCUT2D eigenvalue weighted by Gasteiger charge is 2.24. The van der Waals surface area contributed by atoms with Crippen LogP contribution in [0, 0.1) is 11.7 Å². The molecule has 1 atom stereocenters. The van der Waals surface area contributed by atoms with Crippen molar-refractivity contribution in [3.05, 3.63) is 35.6 Å². The van der Waals surface area contributed by atoms with E-state index in [0.717, 1.165) is 5.56 Å². The lowest BCUT2D eigenvalue weighted by Crippen LogP contribution is -2.29. The standard InChI is InChI=1S/C14H18FNO2/c1-18-13(11-4-6-12(15)7-5-11)9-16-14(17)8-10-2-3-10/h4-7,10,13H,2-3,8-9H2,1H3,(H,16,17)/t13-/m0/s1. The number of halogens is 1. The third-order valence-corrected chi connectivity index (χ3v) is 3.18. The van der Waals surface area contributed by atoms with Gasteiger partial charge in [-0.25, -0.2) is 4.39 Å². The van der Waals surface area contributed by atoms with Crippen molar-refractivity contribution in [1.29, 1.82) is 0 Å². The molecule has 0 saturated heterocycles. The van der Waals surface area contributed by atoms with Gasteiger partial charge in [-0.2, -0.15) is 0 Å². The Bertz CT molecular complexity index is 401. The second-order valence-electron chi connectivity index (χ2n) is 4.73. The largest absolute Gasteiger partial charge is 0.375 e. The first-order valence-corrected chi connectivity index (χ1v) is 6.24. The van der Waals surface area contributed by atoms with Gasteiger partial charge in [0.1, 0.15) is 5.82 Å². The van der Waals surface area contributed by atoms with E-state index in [-0.39, 0.29) is 17.8 Å². The summed E-state index contributed by atoms with van der Waals surface area (Å²) in [7, 11) is 1.58. The summed E-state index contributed by atoms with van der Waals surface area (Å²) in [5.41, 5.74) is 0.866. The molecule has 98 valence electrons. The molecule has 0 aromatic heterocycles. The van der Waals surface area contributed by atoms with E-state index >= 15 is 0 Å². The molecule has 1 aliphatic rings. The van der Waals surface area contributed by atoms with E-state index in [2.05, 4.69) is 5.32 Å². The van der Waals surface area contributed by atoms with Gasteiger partial charge in [-0.1, -0.05) is 12.1 Å². The van der Waals surface area contributed by atoms with Crippen molar-refractivity contribution >= 4 is 5.91 Å². The van der Waals surface area contributed by atoms with Gasteiger partial charge in [0, 0.05) is 20.1 Å². The SMILES string of the molecule is CO[C@@H](CNC(=O)CC1CC1)c1ccc(F)cc1. The summed E-state index contributed by atoms with van der Waals surface area (Å²) in [6, 6.07) is 6.15. The van der Waals surface area contributed by atoms with Gasteiger partial charge >= 0.3 is 0 Å². The first-order chi connectivity index (χ1) is 8.69. The Hall–Kier alpha value is -1.42. The fourth-order valence-electron chi connectivity index (χ4n) is 1.88. The second-order valence-corrected chi connectivity index (χ2v) is 4.73. The van der Waals surface area contributed by atoms with E-state index < -0.39 is 0 Å². The van der Waals surface area contributed by atoms with Crippen molar-refractivity contribution in [1.82, 2.24) is 5.32 Å². The maximum Gasteiger partial charge on any atom is 0.220 e. The molecular formula is C14H18FNO2. The van der Waals surface area contributed by atoms with Crippen molar-refractivity contribution in [2.45, 2.75) is 25.4 Å². The summed E-state index contributed by atoms with van der Waals surface area (Å²) < 4.78 is 18.1. The number of ether oxygens (including phenoxy) is 1. The summed E-state index contributed by atoms with van der Waals surface area (Å²) in [4.78, 5) is 11.6. The molecule has 1 aromatic carbocycles. The Kier molecular flexibility index (Phi) is 4.31. The van der Waals surface area contributed by atoms with Crippen LogP contribution in [0.1, 0.15) is 30.9 Å². The minimum absolute atomic E-state index is 0.0710. The van der Waals surface area contributed by atoms with Crippen molar-refractivity contribution in [2.24, 2.45) is 5.92 Å². The van der Waals surface area contributed by atoms with E-state index in [4.69, 9.17) is 4.74 Å². The van der Waals surface area contributed by atoms with Crippen molar-refractivity contribution < 1.29 is 13.9 Å². The molecule has 1 aliphatic carbocycles. The zero-order valence-electron chi connectivity index (χ0n) is 10.5. The van der Waals surface area contributed by atoms with Crippen molar-refractivity contribution in [2.75, 3.05) is 13.7 Å². The van der Waals surface area contributed by atoms with Gasteiger partial charge in [0.2, 0.25) is 5.91 Å². The third kappa shape index (κ3) is 3.81. The maximum absolute atomic E-state index is 12.8. The molecule has 0 spiro atoms. The molecule has 1 N–H and O–H groups in total. The van der Waals surface area contributed by atoms with Crippen LogP contribution in [0.3, 0.4) is 0 Å². The van der Waals surface area contributed by atoms with E-state index in [9.17, 15) is 9.18 Å². The summed E-state index contributed by atoms with van der Waals surface area (Å²) in [6.45, 7) is 0.424. The number of nitrogens with one attached hydrogen (secondary N) is 1. The first kappa shape index (κ1) is 13.0. The highest BCUT2D eigenvalue weighted by Crippen LogP contribution is 2.32. The lowest BCUT2D eigenvalue weighted by molar-refractivity contribution is -0.122. The number of methoxy groups -OCH3 is 1. The molecule has 1 fully saturated rings. The van der Waals surface area contributed by atoms with Gasteiger partial charge in [0.05, 0.1) is 6.10 Å². The lowest BCUT2D eigenvalue weighted by Gasteiger charge is -2.16. The normalized spacial score (nSPS) is 16.3. The smallest absolute Gasteiger partial charge is 0.220 e. The topological polar surface area (TPSA) is 38.3 Å². The molecule has 3 nitrogen and oxygen atoms in total. The molecule has 1 aromatic rings. The Morgan fingerprint density at radius 3 is 2.67 bits per heavy atom. The lowest BCUT2D eigenvalue weighted by atomic mass is 10.1. The number of rotatable bonds is 6. The zero-order valence-corrected chi connectivity index (χ0v) is 10.5. The van der Waals surface area contributed by atoms with E-state index in [0.29, 0.717) is 18.9 Å². The average Bonchev–Trinajstić information content (AvgIpc) is 3.16. The number of hydrogen-bond acceptors (Lipinski definition) is 2. The molecule has 18 heavy (non-hydrogen) atoms. The van der Waals surface area contributed by atoms with Crippen molar-refractivity contribution in [3.8, 4) is 0 Å². The molecule has 1 amide bonds. The van der Waals surface area contributed by atoms with E-state index in [1.54, 1.807) is 19.2 Å². The predicted octanol–water partition coefficient (Wildman–Crippen LogP) is 2.43. The first-order valence-electron chi connectivity index (χ1n) is 6.24. The molecular weight excluding hydrogens is 233 g/mol. The fourth-order valence-corrected chi connectivity index (χ4v) is 1.88. The van der Waals surface area contributed by atoms with Crippen LogP contribution in [0.5, 0.6) is 0 Å². The number of carbonyl (C=O) groups excluding carboxylic acids is 1. The number of benzene rings is 1. The average molecular weight is 251 g/mol. The van der Waals surface area contributed by atoms with Crippen LogP contribution in [0.2, 0.25) is 0 Å². The molecule has 2 rings (SSSR count). The molecule has 0 heterocycles. The van der Waals surface area contributed by atoms with E-state index in [1.165, 1.54) is 25.0 Å². The van der Waals surface area contributed by atoms with Crippen LogP contribution < -0.4 is 5.32 Å². The minimum atomic E-state index is -0.272.